The first-order valence-corrected chi connectivity index (χ1v) is 5.45. The number of rotatable bonds is 2. The summed E-state index contributed by atoms with van der Waals surface area (Å²) in [4.78, 5) is 12.0. The van der Waals surface area contributed by atoms with Crippen LogP contribution in [0.25, 0.3) is 0 Å². The van der Waals surface area contributed by atoms with Gasteiger partial charge < -0.3 is 15.6 Å². The normalized spacial score (nSPS) is 15.1. The molecule has 4 heteroatoms. The molecule has 1 aromatic rings. The van der Waals surface area contributed by atoms with Gasteiger partial charge >= 0.3 is 5.97 Å². The van der Waals surface area contributed by atoms with Gasteiger partial charge in [-0.05, 0) is 45.4 Å². The molecule has 0 aromatic heterocycles. The van der Waals surface area contributed by atoms with Crippen LogP contribution in [0.2, 0.25) is 0 Å². The van der Waals surface area contributed by atoms with E-state index in [1.54, 1.807) is 39.8 Å². The van der Waals surface area contributed by atoms with E-state index in [0.29, 0.717) is 5.56 Å². The van der Waals surface area contributed by atoms with Crippen LogP contribution in [0.3, 0.4) is 0 Å². The van der Waals surface area contributed by atoms with Crippen molar-refractivity contribution in [3.05, 3.63) is 29.8 Å². The van der Waals surface area contributed by atoms with Crippen LogP contribution in [0.4, 0.5) is 0 Å². The SMILES string of the molecule is CC(C)(C)OC(=O)[C@](C)(N)c1ccc(O)cc1. The number of nitrogens with two attached hydrogens (primary N) is 1. The van der Waals surface area contributed by atoms with Gasteiger partial charge in [0.15, 0.2) is 0 Å². The quantitative estimate of drug-likeness (QED) is 0.771. The summed E-state index contributed by atoms with van der Waals surface area (Å²) in [5.41, 5.74) is 4.79. The summed E-state index contributed by atoms with van der Waals surface area (Å²) in [7, 11) is 0. The van der Waals surface area contributed by atoms with Crippen molar-refractivity contribution in [3.8, 4) is 5.75 Å². The summed E-state index contributed by atoms with van der Waals surface area (Å²) < 4.78 is 5.26. The lowest BCUT2D eigenvalue weighted by atomic mass is 9.93. The number of carbonyl (C=O) groups is 1. The van der Waals surface area contributed by atoms with Gasteiger partial charge in [0.1, 0.15) is 16.9 Å². The molecular weight excluding hydrogens is 218 g/mol. The van der Waals surface area contributed by atoms with Crippen molar-refractivity contribution >= 4 is 5.97 Å². The van der Waals surface area contributed by atoms with Gasteiger partial charge in [0.25, 0.3) is 0 Å². The van der Waals surface area contributed by atoms with E-state index >= 15 is 0 Å². The van der Waals surface area contributed by atoms with Crippen molar-refractivity contribution in [1.29, 1.82) is 0 Å². The van der Waals surface area contributed by atoms with Crippen LogP contribution in [0.15, 0.2) is 24.3 Å². The van der Waals surface area contributed by atoms with Crippen LogP contribution in [0, 0.1) is 0 Å². The molecule has 4 nitrogen and oxygen atoms in total. The molecule has 17 heavy (non-hydrogen) atoms. The number of carbonyl (C=O) groups excluding carboxylic acids is 1. The highest BCUT2D eigenvalue weighted by molar-refractivity contribution is 5.82. The van der Waals surface area contributed by atoms with Crippen LogP contribution < -0.4 is 5.73 Å². The highest BCUT2D eigenvalue weighted by atomic mass is 16.6. The average Bonchev–Trinajstić information content (AvgIpc) is 2.15. The molecule has 0 heterocycles. The average molecular weight is 237 g/mol. The van der Waals surface area contributed by atoms with Crippen LogP contribution in [0.1, 0.15) is 33.3 Å². The molecule has 0 spiro atoms. The fraction of sp³-hybridized carbons (Fsp3) is 0.462. The summed E-state index contributed by atoms with van der Waals surface area (Å²) in [5, 5.41) is 9.19. The Morgan fingerprint density at radius 2 is 1.65 bits per heavy atom. The molecule has 0 aliphatic heterocycles. The molecule has 0 saturated carbocycles. The predicted octanol–water partition coefficient (Wildman–Crippen LogP) is 1.91. The molecule has 1 rings (SSSR count). The molecule has 0 bridgehead atoms. The maximum absolute atomic E-state index is 12.0. The second-order valence-corrected chi connectivity index (χ2v) is 5.25. The minimum atomic E-state index is -1.22. The highest BCUT2D eigenvalue weighted by Crippen LogP contribution is 2.24. The van der Waals surface area contributed by atoms with Gasteiger partial charge in [0, 0.05) is 0 Å². The zero-order valence-corrected chi connectivity index (χ0v) is 10.7. The second kappa shape index (κ2) is 4.37. The number of hydrogen-bond donors (Lipinski definition) is 2. The van der Waals surface area contributed by atoms with E-state index in [1.165, 1.54) is 12.1 Å². The van der Waals surface area contributed by atoms with Gasteiger partial charge in [-0.3, -0.25) is 0 Å². The number of aromatic hydroxyl groups is 1. The summed E-state index contributed by atoms with van der Waals surface area (Å²) >= 11 is 0. The molecular formula is C13H19NO3. The Balaban J connectivity index is 2.94. The topological polar surface area (TPSA) is 72.5 Å². The molecule has 94 valence electrons. The van der Waals surface area contributed by atoms with E-state index in [2.05, 4.69) is 0 Å². The van der Waals surface area contributed by atoms with Gasteiger partial charge in [0.2, 0.25) is 0 Å². The van der Waals surface area contributed by atoms with Crippen molar-refractivity contribution in [1.82, 2.24) is 0 Å². The van der Waals surface area contributed by atoms with Crippen LogP contribution in [-0.4, -0.2) is 16.7 Å². The van der Waals surface area contributed by atoms with Crippen LogP contribution in [0.5, 0.6) is 5.75 Å². The zero-order chi connectivity index (χ0) is 13.3. The zero-order valence-electron chi connectivity index (χ0n) is 10.7. The maximum Gasteiger partial charge on any atom is 0.331 e. The highest BCUT2D eigenvalue weighted by Gasteiger charge is 2.34. The van der Waals surface area contributed by atoms with E-state index in [4.69, 9.17) is 10.5 Å². The van der Waals surface area contributed by atoms with Crippen molar-refractivity contribution in [2.24, 2.45) is 5.73 Å². The minimum Gasteiger partial charge on any atom is -0.508 e. The molecule has 0 aliphatic carbocycles. The molecule has 0 aliphatic rings. The fourth-order valence-corrected chi connectivity index (χ4v) is 1.31. The molecule has 1 atom stereocenters. The summed E-state index contributed by atoms with van der Waals surface area (Å²) in [6, 6.07) is 6.20. The third kappa shape index (κ3) is 3.46. The Morgan fingerprint density at radius 1 is 1.18 bits per heavy atom. The molecule has 0 amide bonds. The lowest BCUT2D eigenvalue weighted by molar-refractivity contribution is -0.161. The van der Waals surface area contributed by atoms with Gasteiger partial charge in [-0.2, -0.15) is 0 Å². The van der Waals surface area contributed by atoms with Gasteiger partial charge in [-0.15, -0.1) is 0 Å². The van der Waals surface area contributed by atoms with Crippen LogP contribution in [-0.2, 0) is 15.1 Å². The van der Waals surface area contributed by atoms with E-state index in [9.17, 15) is 9.90 Å². The van der Waals surface area contributed by atoms with Crippen molar-refractivity contribution in [2.75, 3.05) is 0 Å². The van der Waals surface area contributed by atoms with Gasteiger partial charge in [-0.25, -0.2) is 4.79 Å². The fourth-order valence-electron chi connectivity index (χ4n) is 1.31. The third-order valence-electron chi connectivity index (χ3n) is 2.29. The Bertz CT molecular complexity index is 402. The Kier molecular flexibility index (Phi) is 3.48. The maximum atomic E-state index is 12.0. The van der Waals surface area contributed by atoms with Crippen molar-refractivity contribution < 1.29 is 14.6 Å². The predicted molar refractivity (Wildman–Crippen MR) is 65.5 cm³/mol. The van der Waals surface area contributed by atoms with Crippen molar-refractivity contribution in [3.63, 3.8) is 0 Å². The Hall–Kier alpha value is -1.55. The first kappa shape index (κ1) is 13.5. The largest absolute Gasteiger partial charge is 0.508 e. The smallest absolute Gasteiger partial charge is 0.331 e. The lowest BCUT2D eigenvalue weighted by Crippen LogP contribution is -2.45. The Morgan fingerprint density at radius 3 is 2.06 bits per heavy atom. The summed E-state index contributed by atoms with van der Waals surface area (Å²) in [6.07, 6.45) is 0. The van der Waals surface area contributed by atoms with Crippen molar-refractivity contribution in [2.45, 2.75) is 38.8 Å². The summed E-state index contributed by atoms with van der Waals surface area (Å²) in [6.45, 7) is 6.96. The minimum absolute atomic E-state index is 0.133. The lowest BCUT2D eigenvalue weighted by Gasteiger charge is -2.28. The van der Waals surface area contributed by atoms with Gasteiger partial charge in [-0.1, -0.05) is 12.1 Å². The number of phenols is 1. The van der Waals surface area contributed by atoms with E-state index in [1.807, 2.05) is 0 Å². The molecule has 1 aromatic carbocycles. The molecule has 0 saturated heterocycles. The van der Waals surface area contributed by atoms with E-state index in [0.717, 1.165) is 0 Å². The van der Waals surface area contributed by atoms with E-state index < -0.39 is 17.1 Å². The molecule has 0 radical (unpaired) electrons. The molecule has 0 unspecified atom stereocenters. The number of esters is 1. The third-order valence-corrected chi connectivity index (χ3v) is 2.29. The van der Waals surface area contributed by atoms with Gasteiger partial charge in [0.05, 0.1) is 0 Å². The first-order valence-electron chi connectivity index (χ1n) is 5.45. The van der Waals surface area contributed by atoms with Crippen LogP contribution >= 0.6 is 0 Å². The molecule has 0 fully saturated rings. The number of hydrogen-bond acceptors (Lipinski definition) is 4. The van der Waals surface area contributed by atoms with E-state index in [-0.39, 0.29) is 5.75 Å². The Labute approximate surface area is 101 Å². The number of benzene rings is 1. The number of phenolic OH excluding ortho intramolecular Hbond substituents is 1. The standard InChI is InChI=1S/C13H19NO3/c1-12(2,3)17-11(16)13(4,14)9-5-7-10(15)8-6-9/h5-8,15H,14H2,1-4H3/t13-/m1/s1. The summed E-state index contributed by atoms with van der Waals surface area (Å²) in [5.74, 6) is -0.357. The molecule has 3 N–H and O–H groups in total. The first-order chi connectivity index (χ1) is 7.63. The number of ether oxygens (including phenoxy) is 1. The second-order valence-electron chi connectivity index (χ2n) is 5.25. The monoisotopic (exact) mass is 237 g/mol.